The average molecular weight is 286 g/mol. The lowest BCUT2D eigenvalue weighted by Gasteiger charge is -2.27. The van der Waals surface area contributed by atoms with Gasteiger partial charge in [-0.25, -0.2) is 0 Å². The van der Waals surface area contributed by atoms with Gasteiger partial charge in [-0.2, -0.15) is 4.68 Å². The van der Waals surface area contributed by atoms with E-state index in [4.69, 9.17) is 10.5 Å². The lowest BCUT2D eigenvalue weighted by atomic mass is 9.95. The molecule has 0 saturated carbocycles. The zero-order valence-electron chi connectivity index (χ0n) is 11.6. The summed E-state index contributed by atoms with van der Waals surface area (Å²) in [6, 6.07) is 6.89. The van der Waals surface area contributed by atoms with Crippen molar-refractivity contribution in [3.8, 4) is 5.75 Å². The number of hydrogen-bond donors (Lipinski definition) is 2. The number of carbonyl (C=O) groups excluding carboxylic acids is 1. The highest BCUT2D eigenvalue weighted by Crippen LogP contribution is 2.34. The maximum Gasteiger partial charge on any atom is 0.248 e. The summed E-state index contributed by atoms with van der Waals surface area (Å²) in [5.74, 6) is 0.626. The Kier molecular flexibility index (Phi) is 3.05. The van der Waals surface area contributed by atoms with Crippen molar-refractivity contribution in [3.63, 3.8) is 0 Å². The van der Waals surface area contributed by atoms with Gasteiger partial charge in [-0.3, -0.25) is 4.79 Å². The van der Waals surface area contributed by atoms with E-state index in [1.54, 1.807) is 14.0 Å². The Balaban J connectivity index is 2.19. The van der Waals surface area contributed by atoms with E-state index in [0.29, 0.717) is 23.0 Å². The van der Waals surface area contributed by atoms with E-state index in [1.807, 2.05) is 24.3 Å². The number of hydrogen-bond acceptors (Lipinski definition) is 6. The minimum absolute atomic E-state index is 0.419. The molecule has 3 N–H and O–H groups in total. The van der Waals surface area contributed by atoms with E-state index in [2.05, 4.69) is 20.8 Å². The van der Waals surface area contributed by atoms with Crippen LogP contribution in [0.15, 0.2) is 35.5 Å². The minimum Gasteiger partial charge on any atom is -0.497 e. The van der Waals surface area contributed by atoms with Crippen LogP contribution in [0, 0.1) is 0 Å². The van der Waals surface area contributed by atoms with E-state index < -0.39 is 11.9 Å². The summed E-state index contributed by atoms with van der Waals surface area (Å²) in [5.41, 5.74) is 7.41. The highest BCUT2D eigenvalue weighted by molar-refractivity contribution is 5.95. The molecule has 108 valence electrons. The number of aromatic nitrogens is 4. The number of amides is 1. The number of allylic oxidation sites excluding steroid dienone is 1. The SMILES string of the molecule is COc1cccc([C@@H]2C(C(N)=O)=C(C)Nc3nnnn32)c1. The normalized spacial score (nSPS) is 17.1. The highest BCUT2D eigenvalue weighted by atomic mass is 16.5. The zero-order valence-corrected chi connectivity index (χ0v) is 11.6. The molecular weight excluding hydrogens is 272 g/mol. The lowest BCUT2D eigenvalue weighted by Crippen LogP contribution is -2.31. The summed E-state index contributed by atoms with van der Waals surface area (Å²) in [7, 11) is 1.58. The Bertz CT molecular complexity index is 736. The molecule has 8 heteroatoms. The monoisotopic (exact) mass is 286 g/mol. The van der Waals surface area contributed by atoms with Crippen LogP contribution in [0.2, 0.25) is 0 Å². The van der Waals surface area contributed by atoms with Gasteiger partial charge in [0.25, 0.3) is 0 Å². The number of fused-ring (bicyclic) bond motifs is 1. The summed E-state index contributed by atoms with van der Waals surface area (Å²) in [4.78, 5) is 11.8. The molecule has 0 saturated heterocycles. The van der Waals surface area contributed by atoms with E-state index in [9.17, 15) is 4.79 Å². The van der Waals surface area contributed by atoms with Crippen molar-refractivity contribution in [3.05, 3.63) is 41.1 Å². The number of carbonyl (C=O) groups is 1. The van der Waals surface area contributed by atoms with Gasteiger partial charge in [0.1, 0.15) is 11.8 Å². The fourth-order valence-corrected chi connectivity index (χ4v) is 2.45. The third-order valence-electron chi connectivity index (χ3n) is 3.39. The predicted octanol–water partition coefficient (Wildman–Crippen LogP) is 0.456. The largest absolute Gasteiger partial charge is 0.497 e. The quantitative estimate of drug-likeness (QED) is 0.848. The summed E-state index contributed by atoms with van der Waals surface area (Å²) >= 11 is 0. The Morgan fingerprint density at radius 1 is 1.48 bits per heavy atom. The van der Waals surface area contributed by atoms with Crippen molar-refractivity contribution in [2.45, 2.75) is 13.0 Å². The lowest BCUT2D eigenvalue weighted by molar-refractivity contribution is -0.115. The van der Waals surface area contributed by atoms with Gasteiger partial charge in [0.15, 0.2) is 0 Å². The van der Waals surface area contributed by atoms with Gasteiger partial charge in [-0.05, 0) is 35.0 Å². The second-order valence-electron chi connectivity index (χ2n) is 4.65. The average Bonchev–Trinajstić information content (AvgIpc) is 2.93. The van der Waals surface area contributed by atoms with Gasteiger partial charge >= 0.3 is 0 Å². The standard InChI is InChI=1S/C13H14N6O2/c1-7-10(12(14)20)11(19-13(15-7)16-17-18-19)8-4-3-5-9(6-8)21-2/h3-6,11H,1-2H3,(H2,14,20)(H,15,16,18)/t11-/m1/s1. The smallest absolute Gasteiger partial charge is 0.248 e. The van der Waals surface area contributed by atoms with Crippen LogP contribution in [0.5, 0.6) is 5.75 Å². The van der Waals surface area contributed by atoms with Crippen molar-refractivity contribution in [1.29, 1.82) is 0 Å². The van der Waals surface area contributed by atoms with Gasteiger partial charge < -0.3 is 15.8 Å². The van der Waals surface area contributed by atoms with Crippen LogP contribution in [0.3, 0.4) is 0 Å². The van der Waals surface area contributed by atoms with E-state index in [-0.39, 0.29) is 0 Å². The van der Waals surface area contributed by atoms with Gasteiger partial charge in [0.2, 0.25) is 11.9 Å². The van der Waals surface area contributed by atoms with Crippen LogP contribution in [0.4, 0.5) is 5.95 Å². The number of ether oxygens (including phenoxy) is 1. The van der Waals surface area contributed by atoms with E-state index in [1.165, 1.54) is 4.68 Å². The minimum atomic E-state index is -0.519. The summed E-state index contributed by atoms with van der Waals surface area (Å²) in [5, 5.41) is 14.5. The molecule has 2 aromatic rings. The Hall–Kier alpha value is -2.90. The maximum atomic E-state index is 11.8. The number of benzene rings is 1. The van der Waals surface area contributed by atoms with E-state index >= 15 is 0 Å². The van der Waals surface area contributed by atoms with Crippen LogP contribution >= 0.6 is 0 Å². The molecule has 21 heavy (non-hydrogen) atoms. The molecule has 0 bridgehead atoms. The third kappa shape index (κ3) is 2.10. The van der Waals surface area contributed by atoms with Crippen LogP contribution < -0.4 is 15.8 Å². The molecule has 1 atom stereocenters. The fraction of sp³-hybridized carbons (Fsp3) is 0.231. The van der Waals surface area contributed by atoms with Gasteiger partial charge in [-0.15, -0.1) is 0 Å². The van der Waals surface area contributed by atoms with Crippen molar-refractivity contribution in [2.75, 3.05) is 12.4 Å². The number of nitrogens with two attached hydrogens (primary N) is 1. The molecule has 0 fully saturated rings. The molecule has 1 amide bonds. The van der Waals surface area contributed by atoms with Gasteiger partial charge in [0, 0.05) is 5.70 Å². The van der Waals surface area contributed by atoms with Crippen molar-refractivity contribution in [2.24, 2.45) is 5.73 Å². The van der Waals surface area contributed by atoms with Gasteiger partial charge in [0.05, 0.1) is 12.7 Å². The highest BCUT2D eigenvalue weighted by Gasteiger charge is 2.32. The molecular formula is C13H14N6O2. The van der Waals surface area contributed by atoms with Crippen molar-refractivity contribution < 1.29 is 9.53 Å². The van der Waals surface area contributed by atoms with Crippen LogP contribution in [0.25, 0.3) is 0 Å². The van der Waals surface area contributed by atoms with E-state index in [0.717, 1.165) is 5.56 Å². The third-order valence-corrected chi connectivity index (χ3v) is 3.39. The van der Waals surface area contributed by atoms with Crippen LogP contribution in [0.1, 0.15) is 18.5 Å². The number of anilines is 1. The number of tetrazole rings is 1. The first-order valence-corrected chi connectivity index (χ1v) is 6.31. The van der Waals surface area contributed by atoms with Crippen molar-refractivity contribution in [1.82, 2.24) is 20.2 Å². The molecule has 3 rings (SSSR count). The Morgan fingerprint density at radius 2 is 2.29 bits per heavy atom. The molecule has 0 spiro atoms. The first-order valence-electron chi connectivity index (χ1n) is 6.31. The first kappa shape index (κ1) is 13.1. The second-order valence-corrected chi connectivity index (χ2v) is 4.65. The van der Waals surface area contributed by atoms with Crippen LogP contribution in [-0.4, -0.2) is 33.2 Å². The fourth-order valence-electron chi connectivity index (χ4n) is 2.45. The van der Waals surface area contributed by atoms with Gasteiger partial charge in [-0.1, -0.05) is 17.2 Å². The molecule has 0 radical (unpaired) electrons. The maximum absolute atomic E-state index is 11.8. The summed E-state index contributed by atoms with van der Waals surface area (Å²) in [6.07, 6.45) is 0. The topological polar surface area (TPSA) is 108 Å². The summed E-state index contributed by atoms with van der Waals surface area (Å²) < 4.78 is 6.76. The second kappa shape index (κ2) is 4.89. The number of methoxy groups -OCH3 is 1. The molecule has 0 aliphatic carbocycles. The number of primary amides is 1. The molecule has 1 aliphatic rings. The number of rotatable bonds is 3. The molecule has 2 heterocycles. The summed E-state index contributed by atoms with van der Waals surface area (Å²) in [6.45, 7) is 1.77. The molecule has 0 unspecified atom stereocenters. The van der Waals surface area contributed by atoms with Crippen LogP contribution in [-0.2, 0) is 4.79 Å². The van der Waals surface area contributed by atoms with Crippen molar-refractivity contribution >= 4 is 11.9 Å². The first-order chi connectivity index (χ1) is 10.1. The molecule has 1 aromatic carbocycles. The molecule has 1 aromatic heterocycles. The number of nitrogens with zero attached hydrogens (tertiary/aromatic N) is 4. The molecule has 1 aliphatic heterocycles. The number of nitrogens with one attached hydrogen (secondary N) is 1. The Morgan fingerprint density at radius 3 is 3.00 bits per heavy atom. The zero-order chi connectivity index (χ0) is 15.0. The Labute approximate surface area is 120 Å². The molecule has 8 nitrogen and oxygen atoms in total. The predicted molar refractivity (Wildman–Crippen MR) is 74.5 cm³/mol.